The van der Waals surface area contributed by atoms with E-state index in [0.717, 1.165) is 16.7 Å². The summed E-state index contributed by atoms with van der Waals surface area (Å²) < 4.78 is 32.2. The lowest BCUT2D eigenvalue weighted by atomic mass is 9.80. The monoisotopic (exact) mass is 820 g/mol. The number of amides is 2. The number of hydrogen-bond acceptors (Lipinski definition) is 11. The van der Waals surface area contributed by atoms with Crippen LogP contribution in [0.4, 0.5) is 22.1 Å². The average Bonchev–Trinajstić information content (AvgIpc) is 3.91. The van der Waals surface area contributed by atoms with Gasteiger partial charge in [0.15, 0.2) is 11.2 Å². The summed E-state index contributed by atoms with van der Waals surface area (Å²) in [5, 5.41) is 14.3. The zero-order valence-corrected chi connectivity index (χ0v) is 33.8. The maximum Gasteiger partial charge on any atom is 0.425 e. The quantitative estimate of drug-likeness (QED) is 0.102. The number of nitrogens with zero attached hydrogens (tertiary/aromatic N) is 5. The molecular weight excluding hydrogens is 777 g/mol. The Hall–Kier alpha value is -7.13. The fourth-order valence-corrected chi connectivity index (χ4v) is 7.40. The molecule has 0 spiro atoms. The van der Waals surface area contributed by atoms with Gasteiger partial charge in [0.2, 0.25) is 11.9 Å². The van der Waals surface area contributed by atoms with Crippen molar-refractivity contribution in [1.29, 1.82) is 0 Å². The third-order valence-electron chi connectivity index (χ3n) is 10.5. The number of hydrogen-bond donors (Lipinski definition) is 2. The Balaban J connectivity index is 1.12. The smallest absolute Gasteiger partial charge is 0.425 e. The second-order valence-electron chi connectivity index (χ2n) is 14.2. The van der Waals surface area contributed by atoms with E-state index >= 15 is 0 Å². The van der Waals surface area contributed by atoms with E-state index in [2.05, 4.69) is 20.3 Å². The second-order valence-corrected chi connectivity index (χ2v) is 14.2. The summed E-state index contributed by atoms with van der Waals surface area (Å²) >= 11 is 0. The van der Waals surface area contributed by atoms with Gasteiger partial charge in [-0.2, -0.15) is 9.97 Å². The number of aliphatic hydroxyl groups excluding tert-OH is 1. The molecule has 3 heterocycles. The molecule has 5 aromatic carbocycles. The highest BCUT2D eigenvalue weighted by molar-refractivity contribution is 5.98. The molecule has 14 heteroatoms. The number of para-hydroxylation sites is 2. The number of carbonyl (C=O) groups excluding carboxylic acids is 2. The molecule has 0 radical (unpaired) electrons. The molecule has 61 heavy (non-hydrogen) atoms. The predicted octanol–water partition coefficient (Wildman–Crippen LogP) is 8.19. The predicted molar refractivity (Wildman–Crippen MR) is 228 cm³/mol. The van der Waals surface area contributed by atoms with Gasteiger partial charge in [-0.05, 0) is 65.2 Å². The maximum absolute atomic E-state index is 14.1. The fraction of sp³-hybridized carbons (Fsp3) is 0.213. The number of anilines is 3. The Labute approximate surface area is 352 Å². The number of carbonyl (C=O) groups is 2. The van der Waals surface area contributed by atoms with Crippen molar-refractivity contribution in [2.75, 3.05) is 31.0 Å². The second kappa shape index (κ2) is 18.0. The first-order valence-electron chi connectivity index (χ1n) is 19.8. The summed E-state index contributed by atoms with van der Waals surface area (Å²) in [4.78, 5) is 41.7. The lowest BCUT2D eigenvalue weighted by Crippen LogP contribution is -2.38. The number of aliphatic hydroxyl groups is 1. The van der Waals surface area contributed by atoms with Crippen LogP contribution in [0, 0.1) is 0 Å². The molecule has 2 amide bonds. The molecule has 2 aromatic heterocycles. The van der Waals surface area contributed by atoms with Gasteiger partial charge in [0.25, 0.3) is 5.88 Å². The fourth-order valence-electron chi connectivity index (χ4n) is 7.40. The number of rotatable bonds is 14. The van der Waals surface area contributed by atoms with Gasteiger partial charge in [-0.3, -0.25) is 14.7 Å². The summed E-state index contributed by atoms with van der Waals surface area (Å²) in [6, 6.07) is 43.3. The lowest BCUT2D eigenvalue weighted by molar-refractivity contribution is -0.115. The minimum atomic E-state index is -1.14. The summed E-state index contributed by atoms with van der Waals surface area (Å²) in [6.07, 6.45) is -1.52. The molecule has 8 rings (SSSR count). The van der Waals surface area contributed by atoms with E-state index in [1.807, 2.05) is 115 Å². The Morgan fingerprint density at radius 2 is 1.33 bits per heavy atom. The van der Waals surface area contributed by atoms with Crippen LogP contribution in [0.15, 0.2) is 146 Å². The van der Waals surface area contributed by atoms with Crippen molar-refractivity contribution in [2.24, 2.45) is 0 Å². The number of fused-ring (bicyclic) bond motifs is 1. The number of aromatic nitrogens is 4. The van der Waals surface area contributed by atoms with Gasteiger partial charge in [-0.1, -0.05) is 97.9 Å². The zero-order chi connectivity index (χ0) is 42.3. The first-order chi connectivity index (χ1) is 29.8. The molecule has 0 aliphatic carbocycles. The molecule has 0 bridgehead atoms. The molecule has 0 saturated carbocycles. The van der Waals surface area contributed by atoms with Crippen molar-refractivity contribution in [1.82, 2.24) is 19.5 Å². The van der Waals surface area contributed by atoms with E-state index in [-0.39, 0.29) is 48.3 Å². The minimum Gasteiger partial charge on any atom is -0.497 e. The zero-order valence-electron chi connectivity index (χ0n) is 33.8. The highest BCUT2D eigenvalue weighted by Gasteiger charge is 2.42. The van der Waals surface area contributed by atoms with Crippen LogP contribution in [0.3, 0.4) is 0 Å². The van der Waals surface area contributed by atoms with E-state index < -0.39 is 30.1 Å². The lowest BCUT2D eigenvalue weighted by Gasteiger charge is -2.37. The van der Waals surface area contributed by atoms with Gasteiger partial charge in [-0.25, -0.2) is 14.7 Å². The number of imidazole rings is 1. The van der Waals surface area contributed by atoms with Crippen LogP contribution in [0.25, 0.3) is 11.2 Å². The summed E-state index contributed by atoms with van der Waals surface area (Å²) in [5.74, 6) is 0.753. The molecule has 7 aromatic rings. The van der Waals surface area contributed by atoms with E-state index in [4.69, 9.17) is 23.7 Å². The van der Waals surface area contributed by atoms with Crippen LogP contribution < -0.4 is 24.4 Å². The van der Waals surface area contributed by atoms with Gasteiger partial charge in [0, 0.05) is 12.8 Å². The molecule has 2 N–H and O–H groups in total. The normalized spacial score (nSPS) is 16.2. The summed E-state index contributed by atoms with van der Waals surface area (Å²) in [6.45, 7) is 1.67. The van der Waals surface area contributed by atoms with Crippen molar-refractivity contribution in [3.8, 4) is 17.4 Å². The molecule has 1 aliphatic rings. The van der Waals surface area contributed by atoms with Crippen LogP contribution in [-0.2, 0) is 19.9 Å². The maximum atomic E-state index is 14.1. The molecular formula is C47H44N6O8. The van der Waals surface area contributed by atoms with Gasteiger partial charge >= 0.3 is 6.09 Å². The van der Waals surface area contributed by atoms with Crippen LogP contribution in [0.2, 0.25) is 0 Å². The molecule has 1 aliphatic heterocycles. The number of benzene rings is 5. The van der Waals surface area contributed by atoms with E-state index in [9.17, 15) is 14.7 Å². The van der Waals surface area contributed by atoms with Crippen molar-refractivity contribution in [3.05, 3.63) is 163 Å². The summed E-state index contributed by atoms with van der Waals surface area (Å²) in [5.41, 5.74) is 2.84. The minimum absolute atomic E-state index is 0.0261. The van der Waals surface area contributed by atoms with E-state index in [1.165, 1.54) is 11.2 Å². The van der Waals surface area contributed by atoms with Gasteiger partial charge in [0.1, 0.15) is 29.4 Å². The number of methoxy groups -OCH3 is 2. The largest absolute Gasteiger partial charge is 0.497 e. The highest BCUT2D eigenvalue weighted by atomic mass is 16.6. The van der Waals surface area contributed by atoms with Gasteiger partial charge in [-0.15, -0.1) is 0 Å². The van der Waals surface area contributed by atoms with Crippen molar-refractivity contribution in [2.45, 2.75) is 43.8 Å². The molecule has 14 nitrogen and oxygen atoms in total. The first-order valence-corrected chi connectivity index (χ1v) is 19.8. The topological polar surface area (TPSA) is 159 Å². The molecule has 3 atom stereocenters. The molecule has 0 unspecified atom stereocenters. The first kappa shape index (κ1) is 40.6. The highest BCUT2D eigenvalue weighted by Crippen LogP contribution is 2.43. The Bertz CT molecular complexity index is 2490. The van der Waals surface area contributed by atoms with Crippen molar-refractivity contribution >= 4 is 40.5 Å². The SMILES string of the molecule is CCC(=O)Nc1nc(OC(=O)N(c2ccccc2)c2ccccc2)c2ncn([C@H]3C[C@H](O)[C@@H](COC(c4ccccc4)(c4ccc(OC)cc4)c4ccc(OC)cc4)O3)c2n1. The van der Waals surface area contributed by atoms with Crippen LogP contribution in [0.5, 0.6) is 17.4 Å². The molecule has 1 saturated heterocycles. The Morgan fingerprint density at radius 3 is 1.87 bits per heavy atom. The van der Waals surface area contributed by atoms with Gasteiger partial charge < -0.3 is 28.8 Å². The average molecular weight is 821 g/mol. The van der Waals surface area contributed by atoms with Gasteiger partial charge in [0.05, 0.1) is 44.6 Å². The number of ether oxygens (including phenoxy) is 5. The molecule has 1 fully saturated rings. The Kier molecular flexibility index (Phi) is 12.0. The third-order valence-corrected chi connectivity index (χ3v) is 10.5. The van der Waals surface area contributed by atoms with Crippen LogP contribution in [0.1, 0.15) is 42.7 Å². The number of nitrogens with one attached hydrogen (secondary N) is 1. The standard InChI is InChI=1S/C47H44N6O8/c1-4-40(55)49-45-50-43-42(44(51-45)61-46(56)53(34-16-10-6-11-17-34)35-18-12-7-13-19-35)48-30-52(43)41-28-38(54)39(60-41)29-59-47(31-14-8-5-9-15-31,32-20-24-36(57-2)25-21-32)33-22-26-37(58-3)27-23-33/h5-27,30,38-39,41,54H,4,28-29H2,1-3H3,(H,49,50,51,55)/t38-,39+,41+/m0/s1. The van der Waals surface area contributed by atoms with E-state index in [0.29, 0.717) is 22.9 Å². The Morgan fingerprint density at radius 1 is 0.787 bits per heavy atom. The molecule has 310 valence electrons. The third kappa shape index (κ3) is 8.37. The van der Waals surface area contributed by atoms with E-state index in [1.54, 1.807) is 50.0 Å². The van der Waals surface area contributed by atoms with Crippen molar-refractivity contribution < 1.29 is 38.4 Å². The van der Waals surface area contributed by atoms with Crippen LogP contribution >= 0.6 is 0 Å². The summed E-state index contributed by atoms with van der Waals surface area (Å²) in [7, 11) is 3.23. The van der Waals surface area contributed by atoms with Crippen molar-refractivity contribution in [3.63, 3.8) is 0 Å². The van der Waals surface area contributed by atoms with Crippen LogP contribution in [-0.4, -0.2) is 69.7 Å².